The Bertz CT molecular complexity index is 604. The van der Waals surface area contributed by atoms with Gasteiger partial charge >= 0.3 is 0 Å². The molecule has 0 spiro atoms. The van der Waals surface area contributed by atoms with Crippen LogP contribution in [0.15, 0.2) is 18.3 Å². The van der Waals surface area contributed by atoms with Crippen LogP contribution in [0.3, 0.4) is 0 Å². The Balaban J connectivity index is 2.55. The number of hydrogen-bond donors (Lipinski definition) is 1. The summed E-state index contributed by atoms with van der Waals surface area (Å²) in [6.45, 7) is 5.76. The first kappa shape index (κ1) is 13.5. The maximum absolute atomic E-state index is 13.2. The van der Waals surface area contributed by atoms with Gasteiger partial charge < -0.3 is 5.73 Å². The molecule has 0 aliphatic carbocycles. The predicted octanol–water partition coefficient (Wildman–Crippen LogP) is 3.17. The summed E-state index contributed by atoms with van der Waals surface area (Å²) < 4.78 is 40.5. The van der Waals surface area contributed by atoms with Crippen LogP contribution in [0.2, 0.25) is 0 Å². The van der Waals surface area contributed by atoms with Gasteiger partial charge in [-0.2, -0.15) is 5.10 Å². The molecule has 1 heterocycles. The van der Waals surface area contributed by atoms with Crippen molar-refractivity contribution in [2.24, 2.45) is 0 Å². The number of benzene rings is 1. The molecule has 0 aliphatic rings. The van der Waals surface area contributed by atoms with Gasteiger partial charge in [-0.15, -0.1) is 0 Å². The average molecular weight is 269 g/mol. The quantitative estimate of drug-likeness (QED) is 0.808. The molecule has 0 saturated heterocycles. The molecule has 102 valence electrons. The van der Waals surface area contributed by atoms with Gasteiger partial charge in [-0.05, 0) is 0 Å². The zero-order chi connectivity index (χ0) is 14.4. The van der Waals surface area contributed by atoms with E-state index in [1.165, 1.54) is 10.9 Å². The van der Waals surface area contributed by atoms with Gasteiger partial charge in [0, 0.05) is 17.5 Å². The topological polar surface area (TPSA) is 43.8 Å². The molecule has 6 heteroatoms. The predicted molar refractivity (Wildman–Crippen MR) is 66.6 cm³/mol. The highest BCUT2D eigenvalue weighted by Gasteiger charge is 2.22. The van der Waals surface area contributed by atoms with Gasteiger partial charge in [-0.3, -0.25) is 0 Å². The van der Waals surface area contributed by atoms with Crippen LogP contribution >= 0.6 is 0 Å². The fourth-order valence-electron chi connectivity index (χ4n) is 1.78. The lowest BCUT2D eigenvalue weighted by Gasteiger charge is -2.15. The van der Waals surface area contributed by atoms with Crippen LogP contribution in [-0.4, -0.2) is 9.78 Å². The number of hydrogen-bond acceptors (Lipinski definition) is 2. The summed E-state index contributed by atoms with van der Waals surface area (Å²) in [6.07, 6.45) is 1.45. The van der Waals surface area contributed by atoms with E-state index in [2.05, 4.69) is 5.10 Å². The summed E-state index contributed by atoms with van der Waals surface area (Å²) in [7, 11) is 0. The molecule has 19 heavy (non-hydrogen) atoms. The third kappa shape index (κ3) is 2.43. The van der Waals surface area contributed by atoms with Crippen LogP contribution in [0.5, 0.6) is 0 Å². The number of rotatable bonds is 1. The van der Waals surface area contributed by atoms with E-state index < -0.39 is 17.5 Å². The molecule has 2 aromatic rings. The number of aromatic nitrogens is 2. The van der Waals surface area contributed by atoms with Crippen LogP contribution in [0, 0.1) is 17.5 Å². The summed E-state index contributed by atoms with van der Waals surface area (Å²) in [6, 6.07) is 1.74. The zero-order valence-electron chi connectivity index (χ0n) is 10.8. The summed E-state index contributed by atoms with van der Waals surface area (Å²) in [5.41, 5.74) is 6.63. The molecular weight excluding hydrogens is 255 g/mol. The van der Waals surface area contributed by atoms with E-state index in [4.69, 9.17) is 5.73 Å². The molecule has 0 radical (unpaired) electrons. The first-order valence-corrected chi connectivity index (χ1v) is 5.70. The Labute approximate surface area is 108 Å². The van der Waals surface area contributed by atoms with Gasteiger partial charge in [0.25, 0.3) is 0 Å². The monoisotopic (exact) mass is 269 g/mol. The standard InChI is InChI=1S/C13H14F3N3/c1-13(2,3)12-10(17)6-19(18-12)7-4-8(14)11(16)9(15)5-7/h4-6H,17H2,1-3H3. The minimum Gasteiger partial charge on any atom is -0.396 e. The Kier molecular flexibility index (Phi) is 3.04. The third-order valence-corrected chi connectivity index (χ3v) is 2.69. The normalized spacial score (nSPS) is 11.9. The first-order valence-electron chi connectivity index (χ1n) is 5.70. The highest BCUT2D eigenvalue weighted by atomic mass is 19.2. The lowest BCUT2D eigenvalue weighted by molar-refractivity contribution is 0.445. The molecule has 0 bridgehead atoms. The number of nitrogens with two attached hydrogens (primary N) is 1. The van der Waals surface area contributed by atoms with Gasteiger partial charge in [0.2, 0.25) is 0 Å². The van der Waals surface area contributed by atoms with Crippen molar-refractivity contribution < 1.29 is 13.2 Å². The van der Waals surface area contributed by atoms with Crippen LogP contribution in [0.1, 0.15) is 26.5 Å². The second-order valence-electron chi connectivity index (χ2n) is 5.35. The number of nitrogen functional groups attached to an aromatic ring is 1. The Morgan fingerprint density at radius 1 is 1.11 bits per heavy atom. The molecule has 1 aromatic carbocycles. The molecule has 2 rings (SSSR count). The maximum atomic E-state index is 13.2. The SMILES string of the molecule is CC(C)(C)c1nn(-c2cc(F)c(F)c(F)c2)cc1N. The van der Waals surface area contributed by atoms with Crippen molar-refractivity contribution in [2.75, 3.05) is 5.73 Å². The molecule has 1 aromatic heterocycles. The highest BCUT2D eigenvalue weighted by Crippen LogP contribution is 2.27. The van der Waals surface area contributed by atoms with Crippen LogP contribution in [0.4, 0.5) is 18.9 Å². The molecule has 0 amide bonds. The second-order valence-corrected chi connectivity index (χ2v) is 5.35. The van der Waals surface area contributed by atoms with Gasteiger partial charge in [-0.1, -0.05) is 20.8 Å². The van der Waals surface area contributed by atoms with Crippen molar-refractivity contribution in [1.82, 2.24) is 9.78 Å². The van der Waals surface area contributed by atoms with Crippen LogP contribution < -0.4 is 5.73 Å². The van der Waals surface area contributed by atoms with E-state index in [1.54, 1.807) is 0 Å². The van der Waals surface area contributed by atoms with Crippen LogP contribution in [-0.2, 0) is 5.41 Å². The van der Waals surface area contributed by atoms with Gasteiger partial charge in [-0.25, -0.2) is 17.9 Å². The number of nitrogens with zero attached hydrogens (tertiary/aromatic N) is 2. The molecule has 0 saturated carbocycles. The van der Waals surface area contributed by atoms with Gasteiger partial charge in [0.15, 0.2) is 17.5 Å². The van der Waals surface area contributed by atoms with Gasteiger partial charge in [0.05, 0.1) is 23.3 Å². The molecule has 0 unspecified atom stereocenters. The van der Waals surface area contributed by atoms with Gasteiger partial charge in [0.1, 0.15) is 0 Å². The minimum absolute atomic E-state index is 0.0820. The fourth-order valence-corrected chi connectivity index (χ4v) is 1.78. The number of anilines is 1. The molecule has 0 atom stereocenters. The van der Waals surface area contributed by atoms with Crippen molar-refractivity contribution in [3.63, 3.8) is 0 Å². The summed E-state index contributed by atoms with van der Waals surface area (Å²) in [4.78, 5) is 0. The first-order chi connectivity index (χ1) is 8.70. The summed E-state index contributed by atoms with van der Waals surface area (Å²) in [5.74, 6) is -4.03. The summed E-state index contributed by atoms with van der Waals surface area (Å²) in [5, 5.41) is 4.20. The maximum Gasteiger partial charge on any atom is 0.194 e. The number of halogens is 3. The van der Waals surface area contributed by atoms with Crippen LogP contribution in [0.25, 0.3) is 5.69 Å². The van der Waals surface area contributed by atoms with Crippen molar-refractivity contribution in [3.05, 3.63) is 41.5 Å². The summed E-state index contributed by atoms with van der Waals surface area (Å²) >= 11 is 0. The fraction of sp³-hybridized carbons (Fsp3) is 0.308. The average Bonchev–Trinajstić information content (AvgIpc) is 2.67. The lowest BCUT2D eigenvalue weighted by atomic mass is 9.92. The van der Waals surface area contributed by atoms with E-state index in [0.717, 1.165) is 12.1 Å². The van der Waals surface area contributed by atoms with E-state index >= 15 is 0 Å². The Morgan fingerprint density at radius 2 is 1.63 bits per heavy atom. The third-order valence-electron chi connectivity index (χ3n) is 2.69. The molecule has 3 nitrogen and oxygen atoms in total. The van der Waals surface area contributed by atoms with E-state index in [1.807, 2.05) is 20.8 Å². The van der Waals surface area contributed by atoms with Crippen molar-refractivity contribution >= 4 is 5.69 Å². The smallest absolute Gasteiger partial charge is 0.194 e. The van der Waals surface area contributed by atoms with E-state index in [-0.39, 0.29) is 11.1 Å². The molecule has 0 fully saturated rings. The largest absolute Gasteiger partial charge is 0.396 e. The molecule has 2 N–H and O–H groups in total. The lowest BCUT2D eigenvalue weighted by Crippen LogP contribution is -2.14. The zero-order valence-corrected chi connectivity index (χ0v) is 10.8. The molecule has 0 aliphatic heterocycles. The van der Waals surface area contributed by atoms with E-state index in [0.29, 0.717) is 11.4 Å². The highest BCUT2D eigenvalue weighted by molar-refractivity contribution is 5.47. The molecular formula is C13H14F3N3. The van der Waals surface area contributed by atoms with Crippen molar-refractivity contribution in [1.29, 1.82) is 0 Å². The Morgan fingerprint density at radius 3 is 2.05 bits per heavy atom. The van der Waals surface area contributed by atoms with Crippen molar-refractivity contribution in [3.8, 4) is 5.69 Å². The van der Waals surface area contributed by atoms with E-state index in [9.17, 15) is 13.2 Å². The van der Waals surface area contributed by atoms with Crippen molar-refractivity contribution in [2.45, 2.75) is 26.2 Å². The Hall–Kier alpha value is -1.98. The minimum atomic E-state index is -1.50. The second kappa shape index (κ2) is 4.29.